The third-order valence-electron chi connectivity index (χ3n) is 5.37. The first-order chi connectivity index (χ1) is 14.8. The van der Waals surface area contributed by atoms with Gasteiger partial charge in [0.2, 0.25) is 0 Å². The summed E-state index contributed by atoms with van der Waals surface area (Å²) in [5.41, 5.74) is 2.35. The van der Waals surface area contributed by atoms with Gasteiger partial charge in [-0.15, -0.1) is 0 Å². The Morgan fingerprint density at radius 2 is 1.77 bits per heavy atom. The number of methoxy groups -OCH3 is 1. The van der Waals surface area contributed by atoms with Gasteiger partial charge in [-0.1, -0.05) is 32.0 Å². The van der Waals surface area contributed by atoms with E-state index in [-0.39, 0.29) is 24.5 Å². The fourth-order valence-corrected chi connectivity index (χ4v) is 3.70. The van der Waals surface area contributed by atoms with Gasteiger partial charge in [-0.05, 0) is 55.2 Å². The van der Waals surface area contributed by atoms with Crippen molar-refractivity contribution < 1.29 is 23.9 Å². The fourth-order valence-electron chi connectivity index (χ4n) is 3.70. The summed E-state index contributed by atoms with van der Waals surface area (Å²) in [5, 5.41) is 2.71. The Labute approximate surface area is 182 Å². The van der Waals surface area contributed by atoms with Crippen molar-refractivity contribution in [2.45, 2.75) is 39.3 Å². The number of carbonyl (C=O) groups is 3. The number of fused-ring (bicyclic) bond motifs is 1. The van der Waals surface area contributed by atoms with Crippen molar-refractivity contribution in [2.75, 3.05) is 18.6 Å². The van der Waals surface area contributed by atoms with Gasteiger partial charge in [0.1, 0.15) is 11.8 Å². The first-order valence-electron chi connectivity index (χ1n) is 10.3. The lowest BCUT2D eigenvalue weighted by atomic mass is 10.0. The Balaban J connectivity index is 1.61. The molecule has 0 saturated carbocycles. The van der Waals surface area contributed by atoms with Crippen LogP contribution in [0.15, 0.2) is 48.5 Å². The number of anilines is 1. The smallest absolute Gasteiger partial charge is 0.329 e. The molecule has 31 heavy (non-hydrogen) atoms. The largest absolute Gasteiger partial charge is 0.497 e. The van der Waals surface area contributed by atoms with Crippen molar-refractivity contribution >= 4 is 23.5 Å². The number of benzene rings is 2. The molecule has 2 aromatic carbocycles. The van der Waals surface area contributed by atoms with E-state index in [1.807, 2.05) is 31.2 Å². The van der Waals surface area contributed by atoms with E-state index >= 15 is 0 Å². The van der Waals surface area contributed by atoms with Crippen LogP contribution in [0.5, 0.6) is 5.75 Å². The summed E-state index contributed by atoms with van der Waals surface area (Å²) in [7, 11) is 1.54. The van der Waals surface area contributed by atoms with Crippen molar-refractivity contribution in [3.8, 4) is 5.75 Å². The first-order valence-corrected chi connectivity index (χ1v) is 10.3. The molecule has 0 aromatic heterocycles. The second-order valence-corrected chi connectivity index (χ2v) is 7.98. The van der Waals surface area contributed by atoms with Gasteiger partial charge >= 0.3 is 5.97 Å². The molecule has 0 saturated heterocycles. The van der Waals surface area contributed by atoms with Crippen LogP contribution in [0.2, 0.25) is 0 Å². The number of ether oxygens (including phenoxy) is 2. The molecule has 164 valence electrons. The van der Waals surface area contributed by atoms with Gasteiger partial charge in [0.05, 0.1) is 7.11 Å². The molecule has 1 aliphatic heterocycles. The molecular weight excluding hydrogens is 396 g/mol. The first kappa shape index (κ1) is 22.3. The van der Waals surface area contributed by atoms with E-state index in [2.05, 4.69) is 5.32 Å². The topological polar surface area (TPSA) is 84.9 Å². The Morgan fingerprint density at radius 1 is 1.10 bits per heavy atom. The number of rotatable bonds is 7. The molecule has 3 rings (SSSR count). The van der Waals surface area contributed by atoms with E-state index in [0.717, 1.165) is 17.7 Å². The lowest BCUT2D eigenvalue weighted by molar-refractivity contribution is -0.150. The minimum atomic E-state index is -0.870. The highest BCUT2D eigenvalue weighted by atomic mass is 16.5. The second-order valence-electron chi connectivity index (χ2n) is 7.98. The van der Waals surface area contributed by atoms with Crippen molar-refractivity contribution in [1.82, 2.24) is 5.32 Å². The molecular formula is C24H28N2O5. The Morgan fingerprint density at radius 3 is 2.42 bits per heavy atom. The van der Waals surface area contributed by atoms with Crippen LogP contribution in [0.3, 0.4) is 0 Å². The number of esters is 1. The zero-order chi connectivity index (χ0) is 22.5. The molecule has 0 radical (unpaired) electrons. The van der Waals surface area contributed by atoms with Gasteiger partial charge in [0.25, 0.3) is 11.8 Å². The summed E-state index contributed by atoms with van der Waals surface area (Å²) in [6.45, 7) is 5.20. The Kier molecular flexibility index (Phi) is 6.95. The monoisotopic (exact) mass is 424 g/mol. The van der Waals surface area contributed by atoms with E-state index in [0.29, 0.717) is 11.3 Å². The predicted octanol–water partition coefficient (Wildman–Crippen LogP) is 2.97. The molecule has 2 atom stereocenters. The van der Waals surface area contributed by atoms with Gasteiger partial charge < -0.3 is 19.7 Å². The van der Waals surface area contributed by atoms with Gasteiger partial charge in [-0.2, -0.15) is 0 Å². The number of para-hydroxylation sites is 1. The number of nitrogens with zero attached hydrogens (tertiary/aromatic N) is 1. The van der Waals surface area contributed by atoms with Crippen LogP contribution >= 0.6 is 0 Å². The maximum atomic E-state index is 12.8. The minimum Gasteiger partial charge on any atom is -0.497 e. The van der Waals surface area contributed by atoms with E-state index in [1.54, 1.807) is 50.1 Å². The number of amides is 2. The van der Waals surface area contributed by atoms with Crippen molar-refractivity contribution in [1.29, 1.82) is 0 Å². The summed E-state index contributed by atoms with van der Waals surface area (Å²) < 4.78 is 10.4. The van der Waals surface area contributed by atoms with Crippen LogP contribution < -0.4 is 15.0 Å². The van der Waals surface area contributed by atoms with Crippen LogP contribution in [0.1, 0.15) is 36.7 Å². The highest BCUT2D eigenvalue weighted by Crippen LogP contribution is 2.31. The van der Waals surface area contributed by atoms with Crippen molar-refractivity contribution in [3.05, 3.63) is 59.7 Å². The van der Waals surface area contributed by atoms with E-state index in [9.17, 15) is 14.4 Å². The maximum Gasteiger partial charge on any atom is 0.329 e. The number of nitrogens with one attached hydrogen (secondary N) is 1. The number of hydrogen-bond acceptors (Lipinski definition) is 5. The number of carbonyl (C=O) groups excluding carboxylic acids is 3. The van der Waals surface area contributed by atoms with Gasteiger partial charge in [-0.25, -0.2) is 4.79 Å². The maximum absolute atomic E-state index is 12.8. The van der Waals surface area contributed by atoms with Gasteiger partial charge in [-0.3, -0.25) is 9.59 Å². The summed E-state index contributed by atoms with van der Waals surface area (Å²) in [6.07, 6.45) is 0.766. The molecule has 1 aliphatic rings. The molecule has 0 bridgehead atoms. The minimum absolute atomic E-state index is 0.000674. The standard InChI is InChI=1S/C24H28N2O5/c1-15(2)22(25-23(28)17-9-11-19(30-4)12-10-17)24(29)31-14-21(27)26-16(3)13-18-7-5-6-8-20(18)26/h5-12,15-16,22H,13-14H2,1-4H3,(H,25,28)/t16-,22+/m1/s1. The van der Waals surface area contributed by atoms with E-state index in [4.69, 9.17) is 9.47 Å². The SMILES string of the molecule is COc1ccc(C(=O)N[C@H](C(=O)OCC(=O)N2c3ccccc3C[C@H]2C)C(C)C)cc1. The molecule has 0 fully saturated rings. The summed E-state index contributed by atoms with van der Waals surface area (Å²) in [5.74, 6) is -0.893. The molecule has 0 spiro atoms. The zero-order valence-corrected chi connectivity index (χ0v) is 18.3. The zero-order valence-electron chi connectivity index (χ0n) is 18.3. The fraction of sp³-hybridized carbons (Fsp3) is 0.375. The lowest BCUT2D eigenvalue weighted by Crippen LogP contribution is -2.46. The Hall–Kier alpha value is -3.35. The summed E-state index contributed by atoms with van der Waals surface area (Å²) in [6, 6.07) is 13.4. The molecule has 0 unspecified atom stereocenters. The van der Waals surface area contributed by atoms with E-state index in [1.165, 1.54) is 0 Å². The summed E-state index contributed by atoms with van der Waals surface area (Å²) >= 11 is 0. The normalized spacial score (nSPS) is 15.9. The van der Waals surface area contributed by atoms with Crippen molar-refractivity contribution in [3.63, 3.8) is 0 Å². The van der Waals surface area contributed by atoms with Crippen LogP contribution in [-0.2, 0) is 20.7 Å². The van der Waals surface area contributed by atoms with E-state index < -0.39 is 17.9 Å². The van der Waals surface area contributed by atoms with Crippen LogP contribution in [-0.4, -0.2) is 43.6 Å². The molecule has 7 nitrogen and oxygen atoms in total. The molecule has 2 amide bonds. The van der Waals surface area contributed by atoms with Gasteiger partial charge in [0, 0.05) is 17.3 Å². The number of hydrogen-bond donors (Lipinski definition) is 1. The van der Waals surface area contributed by atoms with Crippen molar-refractivity contribution in [2.24, 2.45) is 5.92 Å². The van der Waals surface area contributed by atoms with Gasteiger partial charge in [0.15, 0.2) is 6.61 Å². The van der Waals surface area contributed by atoms with Crippen LogP contribution in [0.25, 0.3) is 0 Å². The lowest BCUT2D eigenvalue weighted by Gasteiger charge is -2.24. The highest BCUT2D eigenvalue weighted by molar-refractivity contribution is 5.99. The second kappa shape index (κ2) is 9.64. The third kappa shape index (κ3) is 5.05. The molecule has 2 aromatic rings. The predicted molar refractivity (Wildman–Crippen MR) is 117 cm³/mol. The average Bonchev–Trinajstić information content (AvgIpc) is 3.11. The quantitative estimate of drug-likeness (QED) is 0.691. The molecule has 1 heterocycles. The highest BCUT2D eigenvalue weighted by Gasteiger charge is 2.32. The molecule has 1 N–H and O–H groups in total. The van der Waals surface area contributed by atoms with Crippen LogP contribution in [0.4, 0.5) is 5.69 Å². The molecule has 0 aliphatic carbocycles. The molecule has 7 heteroatoms. The average molecular weight is 424 g/mol. The Bertz CT molecular complexity index is 955. The summed E-state index contributed by atoms with van der Waals surface area (Å²) in [4.78, 5) is 39.7. The van der Waals surface area contributed by atoms with Crippen LogP contribution in [0, 0.1) is 5.92 Å². The third-order valence-corrected chi connectivity index (χ3v) is 5.37.